The molecule has 0 aliphatic rings. The zero-order chi connectivity index (χ0) is 20.3. The summed E-state index contributed by atoms with van der Waals surface area (Å²) in [4.78, 5) is 11.4. The number of hydrogen-bond acceptors (Lipinski definition) is 7. The van der Waals surface area contributed by atoms with Gasteiger partial charge >= 0.3 is 5.97 Å². The fourth-order valence-corrected chi connectivity index (χ4v) is 1.89. The smallest absolute Gasteiger partial charge is 0.332 e. The van der Waals surface area contributed by atoms with Gasteiger partial charge in [0.25, 0.3) is 0 Å². The van der Waals surface area contributed by atoms with Gasteiger partial charge in [-0.05, 0) is 20.8 Å². The van der Waals surface area contributed by atoms with E-state index in [1.807, 2.05) is 0 Å². The summed E-state index contributed by atoms with van der Waals surface area (Å²) < 4.78 is 52.6. The van der Waals surface area contributed by atoms with E-state index in [4.69, 9.17) is 29.4 Å². The molecular formula is C18H27F2NO6. The molecule has 0 bridgehead atoms. The summed E-state index contributed by atoms with van der Waals surface area (Å²) in [6, 6.07) is 1.97. The van der Waals surface area contributed by atoms with Crippen molar-refractivity contribution in [1.29, 1.82) is 0 Å². The first-order valence-electron chi connectivity index (χ1n) is 8.51. The van der Waals surface area contributed by atoms with Crippen LogP contribution >= 0.6 is 0 Å². The minimum Gasteiger partial charge on any atom is -0.485 e. The zero-order valence-corrected chi connectivity index (χ0v) is 15.9. The van der Waals surface area contributed by atoms with Gasteiger partial charge in [0.05, 0.1) is 33.0 Å². The van der Waals surface area contributed by atoms with Gasteiger partial charge in [0.2, 0.25) is 0 Å². The largest absolute Gasteiger partial charge is 0.485 e. The van der Waals surface area contributed by atoms with Crippen LogP contribution in [0.5, 0.6) is 5.75 Å². The molecule has 0 atom stereocenters. The van der Waals surface area contributed by atoms with E-state index in [0.29, 0.717) is 13.2 Å². The third-order valence-corrected chi connectivity index (χ3v) is 2.88. The van der Waals surface area contributed by atoms with E-state index in [1.165, 1.54) is 0 Å². The summed E-state index contributed by atoms with van der Waals surface area (Å²) in [6.07, 6.45) is 0. The van der Waals surface area contributed by atoms with Gasteiger partial charge < -0.3 is 29.4 Å². The fourth-order valence-electron chi connectivity index (χ4n) is 1.89. The van der Waals surface area contributed by atoms with Crippen LogP contribution in [0.2, 0.25) is 0 Å². The molecule has 0 saturated carbocycles. The summed E-state index contributed by atoms with van der Waals surface area (Å²) >= 11 is 0. The Morgan fingerprint density at radius 3 is 1.93 bits per heavy atom. The van der Waals surface area contributed by atoms with Gasteiger partial charge in [-0.25, -0.2) is 13.6 Å². The predicted octanol–water partition coefficient (Wildman–Crippen LogP) is 2.32. The van der Waals surface area contributed by atoms with Crippen LogP contribution in [-0.4, -0.2) is 57.8 Å². The Morgan fingerprint density at radius 2 is 1.41 bits per heavy atom. The lowest BCUT2D eigenvalue weighted by molar-refractivity contribution is -0.160. The van der Waals surface area contributed by atoms with Gasteiger partial charge in [-0.2, -0.15) is 0 Å². The van der Waals surface area contributed by atoms with Crippen LogP contribution in [0.3, 0.4) is 0 Å². The van der Waals surface area contributed by atoms with Crippen molar-refractivity contribution in [2.45, 2.75) is 26.4 Å². The molecule has 7 nitrogen and oxygen atoms in total. The molecule has 0 spiro atoms. The zero-order valence-electron chi connectivity index (χ0n) is 15.9. The lowest BCUT2D eigenvalue weighted by Gasteiger charge is -2.19. The van der Waals surface area contributed by atoms with E-state index in [9.17, 15) is 13.6 Å². The number of benzene rings is 1. The highest BCUT2D eigenvalue weighted by atomic mass is 19.1. The number of nitrogen functional groups attached to an aromatic ring is 1. The molecule has 154 valence electrons. The molecule has 1 aromatic carbocycles. The third kappa shape index (κ3) is 10.7. The maximum Gasteiger partial charge on any atom is 0.332 e. The predicted molar refractivity (Wildman–Crippen MR) is 94.6 cm³/mol. The van der Waals surface area contributed by atoms with Gasteiger partial charge in [0.1, 0.15) is 18.8 Å². The van der Waals surface area contributed by atoms with Crippen molar-refractivity contribution < 1.29 is 37.3 Å². The standard InChI is InChI=1S/C18H27F2NO6/c1-18(2,3)27-16(22)12-25-7-6-23-4-5-24-8-9-26-17-14(19)10-13(21)11-15(17)20/h10-11H,4-9,12,21H2,1-3H3. The first kappa shape index (κ1) is 23.1. The fraction of sp³-hybridized carbons (Fsp3) is 0.611. The summed E-state index contributed by atoms with van der Waals surface area (Å²) in [7, 11) is 0. The molecule has 0 amide bonds. The number of rotatable bonds is 12. The Morgan fingerprint density at radius 1 is 0.926 bits per heavy atom. The minimum atomic E-state index is -0.859. The highest BCUT2D eigenvalue weighted by Gasteiger charge is 2.16. The number of nitrogens with two attached hydrogens (primary N) is 1. The highest BCUT2D eigenvalue weighted by Crippen LogP contribution is 2.24. The monoisotopic (exact) mass is 391 g/mol. The Labute approximate surface area is 157 Å². The van der Waals surface area contributed by atoms with E-state index in [0.717, 1.165) is 12.1 Å². The minimum absolute atomic E-state index is 0.0131. The van der Waals surface area contributed by atoms with Gasteiger partial charge in [0.15, 0.2) is 17.4 Å². The second-order valence-electron chi connectivity index (χ2n) is 6.53. The average Bonchev–Trinajstić information content (AvgIpc) is 2.52. The molecule has 1 rings (SSSR count). The molecule has 0 saturated heterocycles. The van der Waals surface area contributed by atoms with E-state index in [1.54, 1.807) is 20.8 Å². The summed E-state index contributed by atoms with van der Waals surface area (Å²) in [6.45, 7) is 6.46. The Hall–Kier alpha value is -1.97. The molecule has 0 aromatic heterocycles. The lowest BCUT2D eigenvalue weighted by Crippen LogP contribution is -2.27. The molecule has 1 aromatic rings. The van der Waals surface area contributed by atoms with Crippen LogP contribution in [0.25, 0.3) is 0 Å². The quantitative estimate of drug-likeness (QED) is 0.332. The molecule has 9 heteroatoms. The van der Waals surface area contributed by atoms with Crippen LogP contribution in [0.4, 0.5) is 14.5 Å². The summed E-state index contributed by atoms with van der Waals surface area (Å²) in [5.41, 5.74) is 4.76. The molecular weight excluding hydrogens is 364 g/mol. The topological polar surface area (TPSA) is 89.2 Å². The molecule has 0 radical (unpaired) electrons. The Bertz CT molecular complexity index is 569. The van der Waals surface area contributed by atoms with E-state index >= 15 is 0 Å². The SMILES string of the molecule is CC(C)(C)OC(=O)COCCOCCOCCOc1c(F)cc(N)cc1F. The first-order chi connectivity index (χ1) is 12.7. The summed E-state index contributed by atoms with van der Waals surface area (Å²) in [5, 5.41) is 0. The molecule has 27 heavy (non-hydrogen) atoms. The van der Waals surface area contributed by atoms with Crippen molar-refractivity contribution >= 4 is 11.7 Å². The van der Waals surface area contributed by atoms with Crippen LogP contribution < -0.4 is 10.5 Å². The second kappa shape index (κ2) is 11.7. The van der Waals surface area contributed by atoms with E-state index < -0.39 is 29.0 Å². The number of esters is 1. The normalized spacial score (nSPS) is 11.4. The number of anilines is 1. The van der Waals surface area contributed by atoms with Crippen LogP contribution in [0, 0.1) is 11.6 Å². The van der Waals surface area contributed by atoms with Crippen molar-refractivity contribution in [2.24, 2.45) is 0 Å². The van der Waals surface area contributed by atoms with Gasteiger partial charge in [0, 0.05) is 17.8 Å². The van der Waals surface area contributed by atoms with Crippen LogP contribution in [-0.2, 0) is 23.7 Å². The van der Waals surface area contributed by atoms with Crippen molar-refractivity contribution in [3.8, 4) is 5.75 Å². The maximum atomic E-state index is 13.5. The average molecular weight is 391 g/mol. The van der Waals surface area contributed by atoms with Crippen molar-refractivity contribution in [3.63, 3.8) is 0 Å². The number of carbonyl (C=O) groups is 1. The number of halogens is 2. The molecule has 0 unspecified atom stereocenters. The van der Waals surface area contributed by atoms with E-state index in [-0.39, 0.29) is 38.7 Å². The highest BCUT2D eigenvalue weighted by molar-refractivity contribution is 5.71. The van der Waals surface area contributed by atoms with Crippen LogP contribution in [0.15, 0.2) is 12.1 Å². The van der Waals surface area contributed by atoms with Gasteiger partial charge in [-0.15, -0.1) is 0 Å². The van der Waals surface area contributed by atoms with Gasteiger partial charge in [-0.3, -0.25) is 0 Å². The van der Waals surface area contributed by atoms with Crippen molar-refractivity contribution in [1.82, 2.24) is 0 Å². The molecule has 2 N–H and O–H groups in total. The first-order valence-corrected chi connectivity index (χ1v) is 8.51. The number of hydrogen-bond donors (Lipinski definition) is 1. The Kier molecular flexibility index (Phi) is 9.98. The molecule has 0 aliphatic heterocycles. The van der Waals surface area contributed by atoms with Crippen molar-refractivity contribution in [2.75, 3.05) is 52.0 Å². The molecule has 0 heterocycles. The van der Waals surface area contributed by atoms with Crippen LogP contribution in [0.1, 0.15) is 20.8 Å². The number of ether oxygens (including phenoxy) is 5. The summed E-state index contributed by atoms with van der Waals surface area (Å²) in [5.74, 6) is -2.63. The van der Waals surface area contributed by atoms with E-state index in [2.05, 4.69) is 0 Å². The third-order valence-electron chi connectivity index (χ3n) is 2.88. The maximum absolute atomic E-state index is 13.5. The molecule has 0 fully saturated rings. The van der Waals surface area contributed by atoms with Gasteiger partial charge in [-0.1, -0.05) is 0 Å². The Balaban J connectivity index is 1.97. The number of carbonyl (C=O) groups excluding carboxylic acids is 1. The second-order valence-corrected chi connectivity index (χ2v) is 6.53. The lowest BCUT2D eigenvalue weighted by atomic mass is 10.2. The van der Waals surface area contributed by atoms with Crippen molar-refractivity contribution in [3.05, 3.63) is 23.8 Å². The molecule has 0 aliphatic carbocycles.